The van der Waals surface area contributed by atoms with E-state index in [1.165, 1.54) is 18.9 Å². The molecule has 1 saturated carbocycles. The SMILES string of the molecule is CCOc1ccccc1/C=C/C(=O)O[C@H](C)C(=O)NC1CCCCCC1. The number of amides is 1. The lowest BCUT2D eigenvalue weighted by atomic mass is 10.1. The summed E-state index contributed by atoms with van der Waals surface area (Å²) >= 11 is 0. The highest BCUT2D eigenvalue weighted by molar-refractivity contribution is 5.90. The van der Waals surface area contributed by atoms with Gasteiger partial charge in [-0.05, 0) is 38.8 Å². The van der Waals surface area contributed by atoms with Gasteiger partial charge in [-0.25, -0.2) is 4.79 Å². The molecule has 0 radical (unpaired) electrons. The van der Waals surface area contributed by atoms with Crippen LogP contribution in [-0.2, 0) is 14.3 Å². The van der Waals surface area contributed by atoms with E-state index in [4.69, 9.17) is 9.47 Å². The average molecular weight is 359 g/mol. The normalized spacial score (nSPS) is 16.7. The van der Waals surface area contributed by atoms with Gasteiger partial charge in [-0.15, -0.1) is 0 Å². The van der Waals surface area contributed by atoms with Crippen LogP contribution in [-0.4, -0.2) is 30.6 Å². The van der Waals surface area contributed by atoms with E-state index >= 15 is 0 Å². The number of hydrogen-bond donors (Lipinski definition) is 1. The van der Waals surface area contributed by atoms with Gasteiger partial charge in [0.1, 0.15) is 5.75 Å². The summed E-state index contributed by atoms with van der Waals surface area (Å²) in [6.45, 7) is 4.06. The number of carbonyl (C=O) groups is 2. The Kier molecular flexibility index (Phi) is 8.19. The zero-order valence-corrected chi connectivity index (χ0v) is 15.7. The van der Waals surface area contributed by atoms with Gasteiger partial charge >= 0.3 is 5.97 Å². The van der Waals surface area contributed by atoms with Gasteiger partial charge < -0.3 is 14.8 Å². The van der Waals surface area contributed by atoms with E-state index in [0.717, 1.165) is 31.2 Å². The minimum atomic E-state index is -0.808. The van der Waals surface area contributed by atoms with Crippen molar-refractivity contribution in [3.05, 3.63) is 35.9 Å². The number of esters is 1. The molecule has 1 aromatic rings. The molecule has 1 aliphatic rings. The molecular weight excluding hydrogens is 330 g/mol. The van der Waals surface area contributed by atoms with Gasteiger partial charge in [-0.1, -0.05) is 43.9 Å². The van der Waals surface area contributed by atoms with E-state index in [9.17, 15) is 9.59 Å². The molecule has 26 heavy (non-hydrogen) atoms. The number of nitrogens with one attached hydrogen (secondary N) is 1. The molecule has 1 N–H and O–H groups in total. The summed E-state index contributed by atoms with van der Waals surface area (Å²) in [5.41, 5.74) is 0.793. The van der Waals surface area contributed by atoms with Gasteiger partial charge in [0.05, 0.1) is 6.61 Å². The van der Waals surface area contributed by atoms with Gasteiger partial charge in [-0.2, -0.15) is 0 Å². The van der Waals surface area contributed by atoms with Gasteiger partial charge in [0, 0.05) is 17.7 Å². The number of benzene rings is 1. The second-order valence-electron chi connectivity index (χ2n) is 6.58. The monoisotopic (exact) mass is 359 g/mol. The maximum absolute atomic E-state index is 12.2. The van der Waals surface area contributed by atoms with Crippen LogP contribution in [0.4, 0.5) is 0 Å². The van der Waals surface area contributed by atoms with Crippen LogP contribution in [0.3, 0.4) is 0 Å². The predicted octanol–water partition coefficient (Wildman–Crippen LogP) is 3.87. The van der Waals surface area contributed by atoms with Crippen molar-refractivity contribution in [3.63, 3.8) is 0 Å². The van der Waals surface area contributed by atoms with E-state index in [1.807, 2.05) is 31.2 Å². The number of para-hydroxylation sites is 1. The third-order valence-electron chi connectivity index (χ3n) is 4.48. The summed E-state index contributed by atoms with van der Waals surface area (Å²) in [5.74, 6) is -0.0635. The highest BCUT2D eigenvalue weighted by Gasteiger charge is 2.21. The first-order valence-corrected chi connectivity index (χ1v) is 9.51. The van der Waals surface area contributed by atoms with Crippen LogP contribution in [0.2, 0.25) is 0 Å². The Morgan fingerprint density at radius 3 is 2.58 bits per heavy atom. The van der Waals surface area contributed by atoms with Crippen LogP contribution in [0.5, 0.6) is 5.75 Å². The Morgan fingerprint density at radius 1 is 1.19 bits per heavy atom. The average Bonchev–Trinajstić information content (AvgIpc) is 2.90. The van der Waals surface area contributed by atoms with Crippen LogP contribution >= 0.6 is 0 Å². The minimum Gasteiger partial charge on any atom is -0.493 e. The van der Waals surface area contributed by atoms with E-state index in [2.05, 4.69) is 5.32 Å². The molecule has 1 aliphatic carbocycles. The van der Waals surface area contributed by atoms with Crippen molar-refractivity contribution in [3.8, 4) is 5.75 Å². The summed E-state index contributed by atoms with van der Waals surface area (Å²) in [4.78, 5) is 24.3. The Hall–Kier alpha value is -2.30. The van der Waals surface area contributed by atoms with Crippen molar-refractivity contribution in [2.75, 3.05) is 6.61 Å². The minimum absolute atomic E-state index is 0.194. The van der Waals surface area contributed by atoms with Gasteiger partial charge in [-0.3, -0.25) is 4.79 Å². The molecule has 142 valence electrons. The Labute approximate surface area is 155 Å². The summed E-state index contributed by atoms with van der Waals surface area (Å²) in [6.07, 6.45) is 8.90. The standard InChI is InChI=1S/C21H29NO4/c1-3-25-19-13-9-8-10-17(19)14-15-20(23)26-16(2)21(24)22-18-11-6-4-5-7-12-18/h8-10,13-16,18H,3-7,11-12H2,1-2H3,(H,22,24)/b15-14+/t16-/m1/s1. The molecule has 5 heteroatoms. The molecule has 0 aromatic heterocycles. The maximum atomic E-state index is 12.2. The van der Waals surface area contributed by atoms with Crippen molar-refractivity contribution in [2.24, 2.45) is 0 Å². The zero-order valence-electron chi connectivity index (χ0n) is 15.7. The predicted molar refractivity (Wildman–Crippen MR) is 102 cm³/mol. The molecule has 1 amide bonds. The van der Waals surface area contributed by atoms with Gasteiger partial charge in [0.15, 0.2) is 6.10 Å². The Balaban J connectivity index is 1.85. The fourth-order valence-electron chi connectivity index (χ4n) is 3.07. The first-order chi connectivity index (χ1) is 12.6. The van der Waals surface area contributed by atoms with Gasteiger partial charge in [0.25, 0.3) is 5.91 Å². The molecule has 0 aliphatic heterocycles. The molecule has 5 nitrogen and oxygen atoms in total. The Morgan fingerprint density at radius 2 is 1.88 bits per heavy atom. The molecule has 1 fully saturated rings. The smallest absolute Gasteiger partial charge is 0.331 e. The number of rotatable bonds is 7. The topological polar surface area (TPSA) is 64.6 Å². The number of hydrogen-bond acceptors (Lipinski definition) is 4. The van der Waals surface area contributed by atoms with Crippen LogP contribution in [0.25, 0.3) is 6.08 Å². The highest BCUT2D eigenvalue weighted by atomic mass is 16.5. The fraction of sp³-hybridized carbons (Fsp3) is 0.524. The van der Waals surface area contributed by atoms with Crippen molar-refractivity contribution in [1.82, 2.24) is 5.32 Å². The lowest BCUT2D eigenvalue weighted by Crippen LogP contribution is -2.41. The summed E-state index contributed by atoms with van der Waals surface area (Å²) < 4.78 is 10.7. The van der Waals surface area contributed by atoms with Crippen molar-refractivity contribution < 1.29 is 19.1 Å². The quantitative estimate of drug-likeness (QED) is 0.456. The third kappa shape index (κ3) is 6.54. The lowest BCUT2D eigenvalue weighted by Gasteiger charge is -2.19. The first kappa shape index (κ1) is 20.0. The molecule has 0 bridgehead atoms. The second-order valence-corrected chi connectivity index (χ2v) is 6.58. The molecule has 0 spiro atoms. The van der Waals surface area contributed by atoms with Crippen molar-refractivity contribution >= 4 is 18.0 Å². The molecule has 0 heterocycles. The van der Waals surface area contributed by atoms with E-state index in [-0.39, 0.29) is 11.9 Å². The van der Waals surface area contributed by atoms with E-state index in [1.54, 1.807) is 13.0 Å². The number of ether oxygens (including phenoxy) is 2. The van der Waals surface area contributed by atoms with Crippen LogP contribution < -0.4 is 10.1 Å². The largest absolute Gasteiger partial charge is 0.493 e. The zero-order chi connectivity index (χ0) is 18.8. The molecule has 1 atom stereocenters. The number of carbonyl (C=O) groups excluding carboxylic acids is 2. The van der Waals surface area contributed by atoms with Crippen LogP contribution in [0.1, 0.15) is 57.9 Å². The first-order valence-electron chi connectivity index (χ1n) is 9.51. The fourth-order valence-corrected chi connectivity index (χ4v) is 3.07. The van der Waals surface area contributed by atoms with Crippen molar-refractivity contribution in [2.45, 2.75) is 64.5 Å². The molecule has 2 rings (SSSR count). The molecule has 0 saturated heterocycles. The van der Waals surface area contributed by atoms with Crippen molar-refractivity contribution in [1.29, 1.82) is 0 Å². The Bertz CT molecular complexity index is 618. The molecule has 0 unspecified atom stereocenters. The summed E-state index contributed by atoms with van der Waals surface area (Å²) in [6, 6.07) is 7.64. The summed E-state index contributed by atoms with van der Waals surface area (Å²) in [5, 5.41) is 3.00. The van der Waals surface area contributed by atoms with E-state index in [0.29, 0.717) is 12.4 Å². The maximum Gasteiger partial charge on any atom is 0.331 e. The highest BCUT2D eigenvalue weighted by Crippen LogP contribution is 2.19. The second kappa shape index (κ2) is 10.6. The third-order valence-corrected chi connectivity index (χ3v) is 4.48. The summed E-state index contributed by atoms with van der Waals surface area (Å²) in [7, 11) is 0. The molecular formula is C21H29NO4. The van der Waals surface area contributed by atoms with Crippen LogP contribution in [0.15, 0.2) is 30.3 Å². The lowest BCUT2D eigenvalue weighted by molar-refractivity contribution is -0.150. The molecule has 1 aromatic carbocycles. The van der Waals surface area contributed by atoms with Gasteiger partial charge in [0.2, 0.25) is 0 Å². The van der Waals surface area contributed by atoms with E-state index < -0.39 is 12.1 Å². The van der Waals surface area contributed by atoms with Crippen LogP contribution in [0, 0.1) is 0 Å².